The van der Waals surface area contributed by atoms with Crippen molar-refractivity contribution in [3.63, 3.8) is 0 Å². The molecule has 0 radical (unpaired) electrons. The summed E-state index contributed by atoms with van der Waals surface area (Å²) in [6, 6.07) is 14.5. The number of fused-ring (bicyclic) bond motifs is 1. The zero-order valence-electron chi connectivity index (χ0n) is 15.0. The zero-order chi connectivity index (χ0) is 18.1. The average molecular weight is 361 g/mol. The maximum atomic E-state index is 4.49. The molecule has 0 fully saturated rings. The molecule has 4 rings (SSSR count). The summed E-state index contributed by atoms with van der Waals surface area (Å²) in [6.07, 6.45) is 1.61. The Balaban J connectivity index is 1.79. The lowest BCUT2D eigenvalue weighted by atomic mass is 10.1. The Bertz CT molecular complexity index is 1090. The summed E-state index contributed by atoms with van der Waals surface area (Å²) < 4.78 is 2.14. The predicted octanol–water partition coefficient (Wildman–Crippen LogP) is 4.68. The van der Waals surface area contributed by atoms with E-state index in [-0.39, 0.29) is 0 Å². The number of hydrogen-bond acceptors (Lipinski definition) is 5. The lowest BCUT2D eigenvalue weighted by Gasteiger charge is -2.09. The van der Waals surface area contributed by atoms with Gasteiger partial charge in [0, 0.05) is 17.5 Å². The van der Waals surface area contributed by atoms with E-state index in [0.29, 0.717) is 0 Å². The van der Waals surface area contributed by atoms with Crippen molar-refractivity contribution in [1.82, 2.24) is 24.7 Å². The summed E-state index contributed by atoms with van der Waals surface area (Å²) in [6.45, 7) is 7.07. The van der Waals surface area contributed by atoms with E-state index in [1.807, 2.05) is 18.2 Å². The first kappa shape index (κ1) is 16.7. The van der Waals surface area contributed by atoms with Crippen LogP contribution in [0.1, 0.15) is 18.1 Å². The van der Waals surface area contributed by atoms with Crippen molar-refractivity contribution >= 4 is 22.7 Å². The van der Waals surface area contributed by atoms with E-state index in [2.05, 4.69) is 69.8 Å². The van der Waals surface area contributed by atoms with Crippen molar-refractivity contribution in [2.75, 3.05) is 0 Å². The highest BCUT2D eigenvalue weighted by Gasteiger charge is 2.17. The predicted molar refractivity (Wildman–Crippen MR) is 104 cm³/mol. The normalized spacial score (nSPS) is 11.2. The molecule has 6 heteroatoms. The van der Waals surface area contributed by atoms with E-state index in [4.69, 9.17) is 0 Å². The molecule has 0 spiro atoms. The van der Waals surface area contributed by atoms with Crippen LogP contribution in [0.25, 0.3) is 22.3 Å². The van der Waals surface area contributed by atoms with Gasteiger partial charge in [0.2, 0.25) is 0 Å². The van der Waals surface area contributed by atoms with Crippen LogP contribution >= 0.6 is 11.8 Å². The highest BCUT2D eigenvalue weighted by Crippen LogP contribution is 2.33. The van der Waals surface area contributed by atoms with Gasteiger partial charge in [0.1, 0.15) is 11.4 Å². The fourth-order valence-corrected chi connectivity index (χ4v) is 3.94. The van der Waals surface area contributed by atoms with Gasteiger partial charge in [-0.25, -0.2) is 9.97 Å². The largest absolute Gasteiger partial charge is 0.302 e. The summed E-state index contributed by atoms with van der Waals surface area (Å²) in [5.74, 6) is 0.891. The van der Waals surface area contributed by atoms with Gasteiger partial charge in [0.15, 0.2) is 11.0 Å². The maximum absolute atomic E-state index is 4.49. The molecule has 0 bridgehead atoms. The molecule has 2 aromatic heterocycles. The Labute approximate surface area is 156 Å². The van der Waals surface area contributed by atoms with E-state index in [0.717, 1.165) is 39.0 Å². The van der Waals surface area contributed by atoms with Gasteiger partial charge in [-0.05, 0) is 50.2 Å². The quantitative estimate of drug-likeness (QED) is 0.494. The number of hydrogen-bond donors (Lipinski definition) is 0. The van der Waals surface area contributed by atoms with Crippen LogP contribution in [0.2, 0.25) is 0 Å². The standard InChI is InChI=1S/C20H19N5S/c1-4-25-18(15-8-6-5-7-14(15)3)23-24-20(25)26-19-16-11-13(2)9-10-17(16)21-12-22-19/h5-12H,4H2,1-3H3. The topological polar surface area (TPSA) is 56.5 Å². The second kappa shape index (κ2) is 6.88. The van der Waals surface area contributed by atoms with Crippen LogP contribution in [-0.4, -0.2) is 24.7 Å². The lowest BCUT2D eigenvalue weighted by molar-refractivity contribution is 0.686. The first-order valence-electron chi connectivity index (χ1n) is 8.56. The lowest BCUT2D eigenvalue weighted by Crippen LogP contribution is -2.01. The molecular weight excluding hydrogens is 342 g/mol. The third-order valence-electron chi connectivity index (χ3n) is 4.36. The SMILES string of the molecule is CCn1c(Sc2ncnc3ccc(C)cc23)nnc1-c1ccccc1C. The third-order valence-corrected chi connectivity index (χ3v) is 5.36. The molecule has 0 unspecified atom stereocenters. The maximum Gasteiger partial charge on any atom is 0.197 e. The van der Waals surface area contributed by atoms with Gasteiger partial charge in [-0.1, -0.05) is 35.9 Å². The van der Waals surface area contributed by atoms with Crippen LogP contribution < -0.4 is 0 Å². The first-order valence-corrected chi connectivity index (χ1v) is 9.37. The van der Waals surface area contributed by atoms with Gasteiger partial charge in [-0.2, -0.15) is 0 Å². The van der Waals surface area contributed by atoms with Crippen LogP contribution in [0.3, 0.4) is 0 Å². The minimum absolute atomic E-state index is 0.793. The van der Waals surface area contributed by atoms with Crippen LogP contribution in [0.15, 0.2) is 59.0 Å². The smallest absolute Gasteiger partial charge is 0.197 e. The summed E-state index contributed by atoms with van der Waals surface area (Å²) in [7, 11) is 0. The van der Waals surface area contributed by atoms with Gasteiger partial charge in [0.05, 0.1) is 5.52 Å². The van der Waals surface area contributed by atoms with E-state index < -0.39 is 0 Å². The molecule has 0 saturated carbocycles. The zero-order valence-corrected chi connectivity index (χ0v) is 15.8. The van der Waals surface area contributed by atoms with Crippen molar-refractivity contribution in [1.29, 1.82) is 0 Å². The second-order valence-corrected chi connectivity index (χ2v) is 7.12. The minimum atomic E-state index is 0.793. The second-order valence-electron chi connectivity index (χ2n) is 6.17. The molecule has 0 aliphatic carbocycles. The van der Waals surface area contributed by atoms with Gasteiger partial charge < -0.3 is 4.57 Å². The fourth-order valence-electron chi connectivity index (χ4n) is 2.99. The number of nitrogens with zero attached hydrogens (tertiary/aromatic N) is 5. The summed E-state index contributed by atoms with van der Waals surface area (Å²) in [5.41, 5.74) is 4.42. The fraction of sp³-hybridized carbons (Fsp3) is 0.200. The minimum Gasteiger partial charge on any atom is -0.302 e. The molecule has 0 N–H and O–H groups in total. The molecule has 2 heterocycles. The Morgan fingerprint density at radius 2 is 1.85 bits per heavy atom. The van der Waals surface area contributed by atoms with Crippen molar-refractivity contribution in [3.8, 4) is 11.4 Å². The van der Waals surface area contributed by atoms with Gasteiger partial charge in [-0.3, -0.25) is 0 Å². The van der Waals surface area contributed by atoms with Crippen molar-refractivity contribution in [2.45, 2.75) is 37.5 Å². The highest BCUT2D eigenvalue weighted by molar-refractivity contribution is 7.99. The number of rotatable bonds is 4. The molecule has 2 aromatic carbocycles. The van der Waals surface area contributed by atoms with Crippen molar-refractivity contribution in [2.24, 2.45) is 0 Å². The molecule has 5 nitrogen and oxygen atoms in total. The van der Waals surface area contributed by atoms with E-state index >= 15 is 0 Å². The van der Waals surface area contributed by atoms with Crippen molar-refractivity contribution in [3.05, 3.63) is 59.9 Å². The highest BCUT2D eigenvalue weighted by atomic mass is 32.2. The summed E-state index contributed by atoms with van der Waals surface area (Å²) >= 11 is 1.54. The molecular formula is C20H19N5S. The summed E-state index contributed by atoms with van der Waals surface area (Å²) in [5, 5.41) is 11.7. The van der Waals surface area contributed by atoms with Crippen LogP contribution in [-0.2, 0) is 6.54 Å². The molecule has 0 amide bonds. The van der Waals surface area contributed by atoms with Crippen LogP contribution in [0, 0.1) is 13.8 Å². The summed E-state index contributed by atoms with van der Waals surface area (Å²) in [4.78, 5) is 8.85. The van der Waals surface area contributed by atoms with Crippen LogP contribution in [0.5, 0.6) is 0 Å². The van der Waals surface area contributed by atoms with Crippen molar-refractivity contribution < 1.29 is 0 Å². The number of benzene rings is 2. The third kappa shape index (κ3) is 2.97. The van der Waals surface area contributed by atoms with Gasteiger partial charge in [0.25, 0.3) is 0 Å². The number of aryl methyl sites for hydroxylation is 2. The monoisotopic (exact) mass is 361 g/mol. The molecule has 26 heavy (non-hydrogen) atoms. The number of aromatic nitrogens is 5. The van der Waals surface area contributed by atoms with Crippen LogP contribution in [0.4, 0.5) is 0 Å². The van der Waals surface area contributed by atoms with Gasteiger partial charge >= 0.3 is 0 Å². The molecule has 0 aliphatic heterocycles. The van der Waals surface area contributed by atoms with E-state index in [1.165, 1.54) is 22.9 Å². The molecule has 0 saturated heterocycles. The Morgan fingerprint density at radius 1 is 1.00 bits per heavy atom. The van der Waals surface area contributed by atoms with Gasteiger partial charge in [-0.15, -0.1) is 10.2 Å². The first-order chi connectivity index (χ1) is 12.7. The van der Waals surface area contributed by atoms with E-state index in [9.17, 15) is 0 Å². The Kier molecular flexibility index (Phi) is 4.42. The molecule has 0 aliphatic rings. The average Bonchev–Trinajstić information content (AvgIpc) is 3.05. The Morgan fingerprint density at radius 3 is 2.65 bits per heavy atom. The molecule has 4 aromatic rings. The Hall–Kier alpha value is -2.73. The molecule has 130 valence electrons. The van der Waals surface area contributed by atoms with E-state index in [1.54, 1.807) is 6.33 Å². The molecule has 0 atom stereocenters.